The maximum Gasteiger partial charge on any atom is 0.254 e. The molecule has 6 rings (SSSR count). The second-order valence-electron chi connectivity index (χ2n) is 9.80. The highest BCUT2D eigenvalue weighted by Crippen LogP contribution is 2.39. The lowest BCUT2D eigenvalue weighted by molar-refractivity contribution is 0.0700. The maximum atomic E-state index is 13.5. The Balaban J connectivity index is 1.43. The van der Waals surface area contributed by atoms with Crippen molar-refractivity contribution < 1.29 is 9.53 Å². The van der Waals surface area contributed by atoms with Gasteiger partial charge in [-0.1, -0.05) is 0 Å². The third-order valence-electron chi connectivity index (χ3n) is 7.74. The molecule has 2 aliphatic rings. The second-order valence-corrected chi connectivity index (χ2v) is 9.80. The predicted molar refractivity (Wildman–Crippen MR) is 133 cm³/mol. The summed E-state index contributed by atoms with van der Waals surface area (Å²) in [7, 11) is 5.38. The standard InChI is InChI=1S/C26H28N8O2/c1-31-12-15(11-29-31)13-33-18(10-27)5-7-21(33)25-30-19-8-17(9-22(36-3)24(19)32(25)2)26(35)34-14-16-4-6-20(34)23(16)28/h5,7-9,11-12,16,20,23H,4,6,13-14,28H2,1-3H3/t16-,20-,23-/m1/s1. The minimum absolute atomic E-state index is 0.0308. The maximum absolute atomic E-state index is 13.5. The summed E-state index contributed by atoms with van der Waals surface area (Å²) in [5.74, 6) is 1.61. The first-order valence-electron chi connectivity index (χ1n) is 12.1. The number of fused-ring (bicyclic) bond motifs is 3. The molecule has 36 heavy (non-hydrogen) atoms. The van der Waals surface area contributed by atoms with Crippen LogP contribution in [0.4, 0.5) is 0 Å². The fraction of sp³-hybridized carbons (Fsp3) is 0.385. The number of carbonyl (C=O) groups excluding carboxylic acids is 1. The highest BCUT2D eigenvalue weighted by molar-refractivity contribution is 6.00. The Morgan fingerprint density at radius 3 is 2.75 bits per heavy atom. The van der Waals surface area contributed by atoms with E-state index >= 15 is 0 Å². The monoisotopic (exact) mass is 484 g/mol. The molecule has 1 saturated heterocycles. The molecule has 2 N–H and O–H groups in total. The van der Waals surface area contributed by atoms with E-state index in [1.54, 1.807) is 30.1 Å². The Hall–Kier alpha value is -4.10. The molecule has 1 amide bonds. The number of nitrogens with zero attached hydrogens (tertiary/aromatic N) is 7. The minimum Gasteiger partial charge on any atom is -0.494 e. The van der Waals surface area contributed by atoms with Crippen LogP contribution in [0.5, 0.6) is 5.75 Å². The fourth-order valence-corrected chi connectivity index (χ4v) is 5.93. The zero-order valence-electron chi connectivity index (χ0n) is 20.5. The molecule has 2 bridgehead atoms. The molecule has 0 spiro atoms. The van der Waals surface area contributed by atoms with Gasteiger partial charge in [0, 0.05) is 50.0 Å². The molecule has 4 heterocycles. The summed E-state index contributed by atoms with van der Waals surface area (Å²) in [6.07, 6.45) is 5.76. The fourth-order valence-electron chi connectivity index (χ4n) is 5.93. The molecular formula is C26H28N8O2. The third kappa shape index (κ3) is 3.31. The number of benzene rings is 1. The van der Waals surface area contributed by atoms with Gasteiger partial charge in [-0.25, -0.2) is 4.98 Å². The number of amides is 1. The summed E-state index contributed by atoms with van der Waals surface area (Å²) < 4.78 is 11.3. The SMILES string of the molecule is COc1cc(C(=O)N2C[C@H]3CC[C@@H]2[C@@H]3N)cc2nc(-c3ccc(C#N)n3Cc3cnn(C)c3)n(C)c12. The van der Waals surface area contributed by atoms with E-state index in [-0.39, 0.29) is 18.0 Å². The molecule has 1 aliphatic heterocycles. The molecule has 1 saturated carbocycles. The Labute approximate surface area is 208 Å². The Morgan fingerprint density at radius 2 is 2.11 bits per heavy atom. The van der Waals surface area contributed by atoms with E-state index in [2.05, 4.69) is 11.2 Å². The van der Waals surface area contributed by atoms with Crippen molar-refractivity contribution in [3.8, 4) is 23.3 Å². The highest BCUT2D eigenvalue weighted by Gasteiger charge is 2.47. The predicted octanol–water partition coefficient (Wildman–Crippen LogP) is 2.27. The van der Waals surface area contributed by atoms with Crippen LogP contribution in [-0.4, -0.2) is 60.4 Å². The molecule has 4 aromatic rings. The van der Waals surface area contributed by atoms with E-state index in [1.165, 1.54) is 0 Å². The summed E-state index contributed by atoms with van der Waals surface area (Å²) in [6.45, 7) is 1.19. The quantitative estimate of drug-likeness (QED) is 0.464. The molecule has 0 unspecified atom stereocenters. The van der Waals surface area contributed by atoms with Gasteiger partial charge in [-0.05, 0) is 43.0 Å². The van der Waals surface area contributed by atoms with Crippen molar-refractivity contribution in [3.63, 3.8) is 0 Å². The van der Waals surface area contributed by atoms with Gasteiger partial charge in [-0.15, -0.1) is 0 Å². The van der Waals surface area contributed by atoms with Crippen LogP contribution in [-0.2, 0) is 20.6 Å². The number of ether oxygens (including phenoxy) is 1. The van der Waals surface area contributed by atoms with E-state index in [1.807, 2.05) is 46.5 Å². The van der Waals surface area contributed by atoms with Crippen molar-refractivity contribution in [2.75, 3.05) is 13.7 Å². The van der Waals surface area contributed by atoms with Gasteiger partial charge in [0.25, 0.3) is 5.91 Å². The van der Waals surface area contributed by atoms with Gasteiger partial charge in [-0.2, -0.15) is 10.4 Å². The molecule has 1 aliphatic carbocycles. The number of imidazole rings is 1. The first-order chi connectivity index (χ1) is 17.4. The lowest BCUT2D eigenvalue weighted by atomic mass is 10.1. The van der Waals surface area contributed by atoms with Crippen molar-refractivity contribution in [1.29, 1.82) is 5.26 Å². The van der Waals surface area contributed by atoms with Crippen LogP contribution in [0, 0.1) is 17.2 Å². The third-order valence-corrected chi connectivity index (χ3v) is 7.74. The van der Waals surface area contributed by atoms with E-state index in [0.717, 1.165) is 29.6 Å². The van der Waals surface area contributed by atoms with Crippen LogP contribution in [0.25, 0.3) is 22.6 Å². The van der Waals surface area contributed by atoms with Crippen LogP contribution < -0.4 is 10.5 Å². The number of nitriles is 1. The number of hydrogen-bond acceptors (Lipinski definition) is 6. The average molecular weight is 485 g/mol. The summed E-state index contributed by atoms with van der Waals surface area (Å²) in [5.41, 5.74) is 10.7. The first kappa shape index (κ1) is 22.4. The summed E-state index contributed by atoms with van der Waals surface area (Å²) in [4.78, 5) is 20.3. The number of aryl methyl sites for hydroxylation is 2. The largest absolute Gasteiger partial charge is 0.494 e. The van der Waals surface area contributed by atoms with Gasteiger partial charge in [-0.3, -0.25) is 9.48 Å². The lowest BCUT2D eigenvalue weighted by Gasteiger charge is -2.27. The number of methoxy groups -OCH3 is 1. The number of hydrogen-bond donors (Lipinski definition) is 1. The van der Waals surface area contributed by atoms with Crippen LogP contribution >= 0.6 is 0 Å². The van der Waals surface area contributed by atoms with Gasteiger partial charge in [0.1, 0.15) is 23.0 Å². The normalized spacial score (nSPS) is 20.9. The molecule has 184 valence electrons. The van der Waals surface area contributed by atoms with E-state index in [4.69, 9.17) is 15.5 Å². The Kier molecular flexibility index (Phi) is 5.12. The Morgan fingerprint density at radius 1 is 1.28 bits per heavy atom. The topological polar surface area (TPSA) is 120 Å². The van der Waals surface area contributed by atoms with Crippen LogP contribution in [0.3, 0.4) is 0 Å². The summed E-state index contributed by atoms with van der Waals surface area (Å²) in [6, 6.07) is 9.76. The number of likely N-dealkylation sites (tertiary alicyclic amines) is 1. The van der Waals surface area contributed by atoms with E-state index < -0.39 is 0 Å². The molecule has 1 aromatic carbocycles. The van der Waals surface area contributed by atoms with Crippen molar-refractivity contribution in [2.45, 2.75) is 31.5 Å². The smallest absolute Gasteiger partial charge is 0.254 e. The van der Waals surface area contributed by atoms with Crippen molar-refractivity contribution in [3.05, 3.63) is 53.5 Å². The zero-order chi connectivity index (χ0) is 25.1. The second kappa shape index (κ2) is 8.24. The van der Waals surface area contributed by atoms with Gasteiger partial charge in [0.15, 0.2) is 5.82 Å². The van der Waals surface area contributed by atoms with Gasteiger partial charge in [0.2, 0.25) is 0 Å². The molecule has 2 fully saturated rings. The van der Waals surface area contributed by atoms with Crippen molar-refractivity contribution in [1.82, 2.24) is 28.8 Å². The van der Waals surface area contributed by atoms with E-state index in [9.17, 15) is 10.1 Å². The molecule has 0 radical (unpaired) electrons. The molecule has 3 aromatic heterocycles. The number of nitrogens with two attached hydrogens (primary N) is 1. The average Bonchev–Trinajstić information content (AvgIpc) is 3.69. The van der Waals surface area contributed by atoms with Crippen LogP contribution in [0.15, 0.2) is 36.7 Å². The first-order valence-corrected chi connectivity index (χ1v) is 12.1. The van der Waals surface area contributed by atoms with Crippen molar-refractivity contribution in [2.24, 2.45) is 25.7 Å². The van der Waals surface area contributed by atoms with E-state index in [0.29, 0.717) is 47.4 Å². The minimum atomic E-state index is -0.0308. The van der Waals surface area contributed by atoms with Crippen LogP contribution in [0.2, 0.25) is 0 Å². The summed E-state index contributed by atoms with van der Waals surface area (Å²) in [5, 5.41) is 14.0. The highest BCUT2D eigenvalue weighted by atomic mass is 16.5. The van der Waals surface area contributed by atoms with Gasteiger partial charge >= 0.3 is 0 Å². The molecule has 3 atom stereocenters. The Bertz CT molecular complexity index is 1540. The number of carbonyl (C=O) groups is 1. The number of rotatable bonds is 5. The lowest BCUT2D eigenvalue weighted by Crippen LogP contribution is -2.41. The van der Waals surface area contributed by atoms with Gasteiger partial charge in [0.05, 0.1) is 31.1 Å². The molecule has 10 heteroatoms. The van der Waals surface area contributed by atoms with Crippen LogP contribution in [0.1, 0.15) is 34.5 Å². The zero-order valence-corrected chi connectivity index (χ0v) is 20.5. The molecule has 10 nitrogen and oxygen atoms in total. The number of piperidine rings is 1. The number of aromatic nitrogens is 5. The molecular weight excluding hydrogens is 456 g/mol. The van der Waals surface area contributed by atoms with Crippen molar-refractivity contribution >= 4 is 16.9 Å². The van der Waals surface area contributed by atoms with Gasteiger partial charge < -0.3 is 24.5 Å². The summed E-state index contributed by atoms with van der Waals surface area (Å²) >= 11 is 0.